The van der Waals surface area contributed by atoms with Crippen LogP contribution in [0.15, 0.2) is 48.0 Å². The predicted molar refractivity (Wildman–Crippen MR) is 159 cm³/mol. The minimum Gasteiger partial charge on any atom is -0.507 e. The van der Waals surface area contributed by atoms with Crippen LogP contribution in [-0.4, -0.2) is 55.2 Å². The van der Waals surface area contributed by atoms with Gasteiger partial charge in [-0.05, 0) is 56.0 Å². The van der Waals surface area contributed by atoms with E-state index in [1.807, 2.05) is 6.92 Å². The summed E-state index contributed by atoms with van der Waals surface area (Å²) < 4.78 is 22.0. The second kappa shape index (κ2) is 13.1. The highest BCUT2D eigenvalue weighted by molar-refractivity contribution is 7.17. The third-order valence-corrected chi connectivity index (χ3v) is 7.82. The van der Waals surface area contributed by atoms with Gasteiger partial charge in [-0.2, -0.15) is 0 Å². The zero-order valence-corrected chi connectivity index (χ0v) is 25.2. The number of hydrogen-bond acceptors (Lipinski definition) is 10. The molecule has 1 amide bonds. The third-order valence-electron chi connectivity index (χ3n) is 6.68. The highest BCUT2D eigenvalue weighted by Crippen LogP contribution is 2.45. The average Bonchev–Trinajstić information content (AvgIpc) is 3.48. The number of carbonyl (C=O) groups excluding carboxylic acids is 3. The van der Waals surface area contributed by atoms with Crippen molar-refractivity contribution in [3.8, 4) is 17.2 Å². The van der Waals surface area contributed by atoms with Crippen molar-refractivity contribution in [3.63, 3.8) is 0 Å². The Balaban J connectivity index is 1.89. The lowest BCUT2D eigenvalue weighted by Crippen LogP contribution is -2.29. The Labute approximate surface area is 248 Å². The number of aryl methyl sites for hydroxylation is 1. The van der Waals surface area contributed by atoms with Crippen molar-refractivity contribution in [1.82, 2.24) is 4.98 Å². The fourth-order valence-corrected chi connectivity index (χ4v) is 5.56. The van der Waals surface area contributed by atoms with Crippen molar-refractivity contribution in [1.29, 1.82) is 0 Å². The van der Waals surface area contributed by atoms with Gasteiger partial charge in [0, 0.05) is 5.56 Å². The van der Waals surface area contributed by atoms with Crippen LogP contribution in [0.25, 0.3) is 5.76 Å². The fraction of sp³-hybridized carbons (Fsp3) is 0.355. The van der Waals surface area contributed by atoms with E-state index in [9.17, 15) is 19.5 Å². The summed E-state index contributed by atoms with van der Waals surface area (Å²) in [5, 5.41) is 11.6. The molecule has 2 aromatic carbocycles. The molecule has 0 saturated carbocycles. The van der Waals surface area contributed by atoms with Gasteiger partial charge in [0.25, 0.3) is 5.78 Å². The number of ether oxygens (including phenoxy) is 4. The number of thiazole rings is 1. The largest absolute Gasteiger partial charge is 0.507 e. The first-order valence-electron chi connectivity index (χ1n) is 13.5. The molecule has 4 rings (SSSR count). The molecule has 2 heterocycles. The number of aromatic nitrogens is 1. The lowest BCUT2D eigenvalue weighted by atomic mass is 9.95. The summed E-state index contributed by atoms with van der Waals surface area (Å²) in [6, 6.07) is 10.6. The van der Waals surface area contributed by atoms with Crippen LogP contribution in [0.5, 0.6) is 17.2 Å². The van der Waals surface area contributed by atoms with Gasteiger partial charge in [0.15, 0.2) is 16.6 Å². The van der Waals surface area contributed by atoms with Gasteiger partial charge < -0.3 is 24.1 Å². The number of Topliss-reactive ketones (excluding diaryl/α,β-unsaturated/α-hetero) is 1. The summed E-state index contributed by atoms with van der Waals surface area (Å²) in [6.07, 6.45) is 0.845. The molecule has 222 valence electrons. The number of rotatable bonds is 11. The number of anilines is 1. The van der Waals surface area contributed by atoms with Gasteiger partial charge in [-0.25, -0.2) is 9.78 Å². The summed E-state index contributed by atoms with van der Waals surface area (Å²) in [4.78, 5) is 45.4. The molecule has 1 aliphatic heterocycles. The Morgan fingerprint density at radius 1 is 1.10 bits per heavy atom. The number of esters is 1. The van der Waals surface area contributed by atoms with Crippen molar-refractivity contribution < 1.29 is 38.4 Å². The van der Waals surface area contributed by atoms with Crippen molar-refractivity contribution in [2.45, 2.75) is 40.2 Å². The topological polar surface area (TPSA) is 124 Å². The van der Waals surface area contributed by atoms with Crippen LogP contribution in [0, 0.1) is 12.8 Å². The number of benzene rings is 2. The first kappa shape index (κ1) is 30.6. The van der Waals surface area contributed by atoms with E-state index in [0.29, 0.717) is 53.2 Å². The molecule has 1 aliphatic rings. The summed E-state index contributed by atoms with van der Waals surface area (Å²) in [5.74, 6) is -0.941. The fourth-order valence-electron chi connectivity index (χ4n) is 4.55. The quantitative estimate of drug-likeness (QED) is 0.129. The molecule has 1 unspecified atom stereocenters. The van der Waals surface area contributed by atoms with E-state index in [4.69, 9.17) is 18.9 Å². The third kappa shape index (κ3) is 6.11. The molecule has 1 N–H and O–H groups in total. The first-order chi connectivity index (χ1) is 20.1. The minimum absolute atomic E-state index is 0.110. The van der Waals surface area contributed by atoms with Crippen LogP contribution in [0.3, 0.4) is 0 Å². The van der Waals surface area contributed by atoms with Gasteiger partial charge in [-0.15, -0.1) is 0 Å². The van der Waals surface area contributed by atoms with Crippen molar-refractivity contribution in [3.05, 3.63) is 69.7 Å². The van der Waals surface area contributed by atoms with Gasteiger partial charge in [0.2, 0.25) is 0 Å². The molecule has 1 aromatic heterocycles. The summed E-state index contributed by atoms with van der Waals surface area (Å²) >= 11 is 0.926. The summed E-state index contributed by atoms with van der Waals surface area (Å²) in [6.45, 7) is 8.54. The zero-order chi connectivity index (χ0) is 30.6. The van der Waals surface area contributed by atoms with Crippen LogP contribution in [0.4, 0.5) is 5.13 Å². The van der Waals surface area contributed by atoms with E-state index in [-0.39, 0.29) is 21.3 Å². The van der Waals surface area contributed by atoms with Crippen LogP contribution in [0.1, 0.15) is 59.7 Å². The molecule has 10 nitrogen and oxygen atoms in total. The molecule has 1 fully saturated rings. The molecule has 0 spiro atoms. The molecule has 1 saturated heterocycles. The van der Waals surface area contributed by atoms with E-state index in [0.717, 1.165) is 17.8 Å². The second-order valence-corrected chi connectivity index (χ2v) is 11.0. The molecule has 0 aliphatic carbocycles. The lowest BCUT2D eigenvalue weighted by Gasteiger charge is -2.24. The standard InChI is InChI=1S/C31H34N2O8S/c1-7-40-21-10-8-9-20(15-21)26(34)24-25(19-11-12-22(23(16-19)38-5)41-14-13-17(2)3)33(29(36)27(24)35)31-32-18(4)28(42-31)30(37)39-6/h8-12,15-17,25,34H,7,13-14H2,1-6H3. The molecular weight excluding hydrogens is 560 g/mol. The Kier molecular flexibility index (Phi) is 9.52. The van der Waals surface area contributed by atoms with Crippen LogP contribution < -0.4 is 19.1 Å². The number of nitrogens with zero attached hydrogens (tertiary/aromatic N) is 2. The van der Waals surface area contributed by atoms with E-state index in [1.165, 1.54) is 19.1 Å². The van der Waals surface area contributed by atoms with Crippen LogP contribution >= 0.6 is 11.3 Å². The maximum absolute atomic E-state index is 13.6. The predicted octanol–water partition coefficient (Wildman–Crippen LogP) is 5.70. The number of amides is 1. The van der Waals surface area contributed by atoms with Gasteiger partial charge in [0.05, 0.1) is 44.7 Å². The van der Waals surface area contributed by atoms with E-state index >= 15 is 0 Å². The molecule has 3 aromatic rings. The number of methoxy groups -OCH3 is 2. The van der Waals surface area contributed by atoms with Crippen molar-refractivity contribution in [2.24, 2.45) is 5.92 Å². The van der Waals surface area contributed by atoms with E-state index in [1.54, 1.807) is 49.4 Å². The maximum atomic E-state index is 13.6. The maximum Gasteiger partial charge on any atom is 0.350 e. The van der Waals surface area contributed by atoms with Crippen LogP contribution in [0.2, 0.25) is 0 Å². The molecule has 42 heavy (non-hydrogen) atoms. The monoisotopic (exact) mass is 594 g/mol. The molecular formula is C31H34N2O8S. The first-order valence-corrected chi connectivity index (χ1v) is 14.3. The van der Waals surface area contributed by atoms with E-state index < -0.39 is 23.7 Å². The number of hydrogen-bond donors (Lipinski definition) is 1. The van der Waals surface area contributed by atoms with Crippen molar-refractivity contribution in [2.75, 3.05) is 32.3 Å². The minimum atomic E-state index is -1.09. The number of ketones is 1. The highest BCUT2D eigenvalue weighted by atomic mass is 32.1. The van der Waals surface area contributed by atoms with E-state index in [2.05, 4.69) is 18.8 Å². The Morgan fingerprint density at radius 3 is 2.52 bits per heavy atom. The Hall–Kier alpha value is -4.38. The molecule has 0 bridgehead atoms. The number of aliphatic hydroxyl groups is 1. The van der Waals surface area contributed by atoms with Gasteiger partial charge in [-0.3, -0.25) is 14.5 Å². The van der Waals surface area contributed by atoms with Crippen LogP contribution in [-0.2, 0) is 14.3 Å². The smallest absolute Gasteiger partial charge is 0.350 e. The highest BCUT2D eigenvalue weighted by Gasteiger charge is 2.48. The normalized spacial score (nSPS) is 16.2. The molecule has 11 heteroatoms. The molecule has 0 radical (unpaired) electrons. The zero-order valence-electron chi connectivity index (χ0n) is 24.4. The second-order valence-electron chi connectivity index (χ2n) is 9.97. The van der Waals surface area contributed by atoms with Gasteiger partial charge >= 0.3 is 11.9 Å². The Morgan fingerprint density at radius 2 is 1.86 bits per heavy atom. The van der Waals surface area contributed by atoms with Gasteiger partial charge in [-0.1, -0.05) is 43.4 Å². The number of aliphatic hydroxyl groups excluding tert-OH is 1. The summed E-state index contributed by atoms with van der Waals surface area (Å²) in [5.41, 5.74) is 0.974. The SMILES string of the molecule is CCOc1cccc(C(O)=C2C(=O)C(=O)N(c3nc(C)c(C(=O)OC)s3)C2c2ccc(OCCC(C)C)c(OC)c2)c1. The van der Waals surface area contributed by atoms with Gasteiger partial charge in [0.1, 0.15) is 16.4 Å². The Bertz CT molecular complexity index is 1530. The number of carbonyl (C=O) groups is 3. The van der Waals surface area contributed by atoms with Crippen molar-refractivity contribution >= 4 is 39.9 Å². The summed E-state index contributed by atoms with van der Waals surface area (Å²) in [7, 11) is 2.75. The lowest BCUT2D eigenvalue weighted by molar-refractivity contribution is -0.132. The average molecular weight is 595 g/mol. The molecule has 1 atom stereocenters.